The summed E-state index contributed by atoms with van der Waals surface area (Å²) in [6.07, 6.45) is 1.93. The summed E-state index contributed by atoms with van der Waals surface area (Å²) in [7, 11) is 3.16. The number of hydrogen-bond acceptors (Lipinski definition) is 5. The number of ether oxygens (including phenoxy) is 2. The van der Waals surface area contributed by atoms with Gasteiger partial charge in [-0.25, -0.2) is 0 Å². The lowest BCUT2D eigenvalue weighted by Gasteiger charge is -2.14. The third-order valence-corrected chi connectivity index (χ3v) is 5.57. The highest BCUT2D eigenvalue weighted by Gasteiger charge is 2.27. The SMILES string of the molecule is COc1cc2c(cc1OC)C(=CC(C)Nc1ccc(CNCc3ccccc3)cc1)C(=O)N2. The van der Waals surface area contributed by atoms with Crippen LogP contribution in [-0.4, -0.2) is 26.2 Å². The highest BCUT2D eigenvalue weighted by molar-refractivity contribution is 6.31. The Morgan fingerprint density at radius 1 is 0.909 bits per heavy atom. The molecule has 3 aromatic carbocycles. The second-order valence-electron chi connectivity index (χ2n) is 8.01. The number of rotatable bonds is 9. The Morgan fingerprint density at radius 3 is 2.21 bits per heavy atom. The average molecular weight is 444 g/mol. The standard InChI is InChI=1S/C27H29N3O3/c1-18(13-23-22-14-25(32-2)26(33-3)15-24(22)30-27(23)31)29-21-11-9-20(10-12-21)17-28-16-19-7-5-4-6-8-19/h4-15,18,28-29H,16-17H2,1-3H3,(H,30,31). The van der Waals surface area contributed by atoms with Gasteiger partial charge in [0, 0.05) is 42.0 Å². The fourth-order valence-corrected chi connectivity index (χ4v) is 3.90. The van der Waals surface area contributed by atoms with Crippen molar-refractivity contribution in [3.63, 3.8) is 0 Å². The van der Waals surface area contributed by atoms with Gasteiger partial charge in [-0.15, -0.1) is 0 Å². The summed E-state index contributed by atoms with van der Waals surface area (Å²) in [6.45, 7) is 3.66. The minimum atomic E-state index is -0.131. The van der Waals surface area contributed by atoms with E-state index < -0.39 is 0 Å². The smallest absolute Gasteiger partial charge is 0.256 e. The van der Waals surface area contributed by atoms with Crippen molar-refractivity contribution in [3.8, 4) is 11.5 Å². The van der Waals surface area contributed by atoms with Crippen molar-refractivity contribution in [2.45, 2.75) is 26.1 Å². The molecule has 3 N–H and O–H groups in total. The molecule has 0 aliphatic carbocycles. The van der Waals surface area contributed by atoms with Gasteiger partial charge < -0.3 is 25.4 Å². The van der Waals surface area contributed by atoms with Gasteiger partial charge in [-0.1, -0.05) is 42.5 Å². The number of amides is 1. The van der Waals surface area contributed by atoms with Gasteiger partial charge in [0.05, 0.1) is 19.9 Å². The molecule has 1 unspecified atom stereocenters. The highest BCUT2D eigenvalue weighted by atomic mass is 16.5. The average Bonchev–Trinajstić information content (AvgIpc) is 3.13. The van der Waals surface area contributed by atoms with Crippen LogP contribution in [0.2, 0.25) is 0 Å². The molecule has 0 saturated heterocycles. The molecule has 0 spiro atoms. The molecule has 1 amide bonds. The molecule has 3 aromatic rings. The van der Waals surface area contributed by atoms with Gasteiger partial charge in [-0.05, 0) is 42.3 Å². The van der Waals surface area contributed by atoms with Crippen LogP contribution < -0.4 is 25.4 Å². The molecule has 170 valence electrons. The second-order valence-corrected chi connectivity index (χ2v) is 8.01. The van der Waals surface area contributed by atoms with Gasteiger partial charge in [-0.2, -0.15) is 0 Å². The molecule has 6 heteroatoms. The van der Waals surface area contributed by atoms with E-state index in [-0.39, 0.29) is 11.9 Å². The van der Waals surface area contributed by atoms with E-state index in [1.54, 1.807) is 20.3 Å². The predicted octanol–water partition coefficient (Wildman–Crippen LogP) is 4.83. The normalized spacial score (nSPS) is 14.5. The summed E-state index contributed by atoms with van der Waals surface area (Å²) >= 11 is 0. The molecule has 0 radical (unpaired) electrons. The lowest BCUT2D eigenvalue weighted by atomic mass is 10.0. The second kappa shape index (κ2) is 10.2. The van der Waals surface area contributed by atoms with Crippen LogP contribution in [0.4, 0.5) is 11.4 Å². The zero-order valence-electron chi connectivity index (χ0n) is 19.1. The van der Waals surface area contributed by atoms with Crippen molar-refractivity contribution in [3.05, 3.63) is 89.5 Å². The lowest BCUT2D eigenvalue weighted by molar-refractivity contribution is -0.110. The van der Waals surface area contributed by atoms with Gasteiger partial charge in [-0.3, -0.25) is 4.79 Å². The maximum atomic E-state index is 12.6. The highest BCUT2D eigenvalue weighted by Crippen LogP contribution is 2.40. The maximum absolute atomic E-state index is 12.6. The summed E-state index contributed by atoms with van der Waals surface area (Å²) in [4.78, 5) is 12.6. The lowest BCUT2D eigenvalue weighted by Crippen LogP contribution is -2.15. The number of carbonyl (C=O) groups is 1. The molecule has 0 saturated carbocycles. The van der Waals surface area contributed by atoms with Crippen LogP contribution in [0.3, 0.4) is 0 Å². The van der Waals surface area contributed by atoms with Crippen LogP contribution in [0, 0.1) is 0 Å². The topological polar surface area (TPSA) is 71.6 Å². The Labute approximate surface area is 194 Å². The van der Waals surface area contributed by atoms with Crippen LogP contribution in [0.5, 0.6) is 11.5 Å². The van der Waals surface area contributed by atoms with Crippen LogP contribution in [0.25, 0.3) is 5.57 Å². The zero-order chi connectivity index (χ0) is 23.2. The molecule has 0 bridgehead atoms. The first-order chi connectivity index (χ1) is 16.1. The van der Waals surface area contributed by atoms with E-state index in [0.717, 1.165) is 30.0 Å². The summed E-state index contributed by atoms with van der Waals surface area (Å²) < 4.78 is 10.7. The summed E-state index contributed by atoms with van der Waals surface area (Å²) in [5.74, 6) is 1.05. The molecular formula is C27H29N3O3. The first-order valence-corrected chi connectivity index (χ1v) is 11.0. The summed E-state index contributed by atoms with van der Waals surface area (Å²) in [6, 6.07) is 22.3. The minimum Gasteiger partial charge on any atom is -0.493 e. The van der Waals surface area contributed by atoms with Crippen LogP contribution in [-0.2, 0) is 17.9 Å². The Bertz CT molecular complexity index is 1140. The Kier molecular flexibility index (Phi) is 6.95. The van der Waals surface area contributed by atoms with Gasteiger partial charge in [0.1, 0.15) is 0 Å². The Balaban J connectivity index is 1.38. The number of nitrogens with one attached hydrogen (secondary N) is 3. The van der Waals surface area contributed by atoms with Crippen molar-refractivity contribution in [1.29, 1.82) is 0 Å². The fraction of sp³-hybridized carbons (Fsp3) is 0.222. The largest absolute Gasteiger partial charge is 0.493 e. The van der Waals surface area contributed by atoms with Gasteiger partial charge in [0.15, 0.2) is 11.5 Å². The number of anilines is 2. The molecule has 1 atom stereocenters. The van der Waals surface area contributed by atoms with E-state index in [4.69, 9.17) is 9.47 Å². The quantitative estimate of drug-likeness (QED) is 0.413. The summed E-state index contributed by atoms with van der Waals surface area (Å²) in [5.41, 5.74) is 5.64. The van der Waals surface area contributed by atoms with Crippen molar-refractivity contribution in [2.24, 2.45) is 0 Å². The van der Waals surface area contributed by atoms with E-state index in [1.807, 2.05) is 25.1 Å². The third kappa shape index (κ3) is 5.35. The molecule has 1 aliphatic rings. The fourth-order valence-electron chi connectivity index (χ4n) is 3.90. The van der Waals surface area contributed by atoms with Crippen LogP contribution in [0.15, 0.2) is 72.8 Å². The van der Waals surface area contributed by atoms with E-state index in [0.29, 0.717) is 17.1 Å². The molecule has 4 rings (SSSR count). The number of carbonyl (C=O) groups excluding carboxylic acids is 1. The third-order valence-electron chi connectivity index (χ3n) is 5.57. The molecule has 33 heavy (non-hydrogen) atoms. The van der Waals surface area contributed by atoms with Crippen LogP contribution in [0.1, 0.15) is 23.6 Å². The monoisotopic (exact) mass is 443 g/mol. The van der Waals surface area contributed by atoms with Crippen molar-refractivity contribution in [1.82, 2.24) is 5.32 Å². The predicted molar refractivity (Wildman–Crippen MR) is 133 cm³/mol. The molecule has 1 aliphatic heterocycles. The number of fused-ring (bicyclic) bond motifs is 1. The minimum absolute atomic E-state index is 0.0492. The summed E-state index contributed by atoms with van der Waals surface area (Å²) in [5, 5.41) is 9.82. The number of hydrogen-bond donors (Lipinski definition) is 3. The van der Waals surface area contributed by atoms with Crippen molar-refractivity contribution >= 4 is 22.9 Å². The van der Waals surface area contributed by atoms with E-state index in [2.05, 4.69) is 64.5 Å². The Hall–Kier alpha value is -3.77. The molecule has 0 fully saturated rings. The van der Waals surface area contributed by atoms with E-state index >= 15 is 0 Å². The first-order valence-electron chi connectivity index (χ1n) is 11.0. The van der Waals surface area contributed by atoms with Crippen molar-refractivity contribution in [2.75, 3.05) is 24.9 Å². The van der Waals surface area contributed by atoms with Gasteiger partial charge in [0.2, 0.25) is 0 Å². The van der Waals surface area contributed by atoms with Gasteiger partial charge in [0.25, 0.3) is 5.91 Å². The van der Waals surface area contributed by atoms with Gasteiger partial charge >= 0.3 is 0 Å². The first kappa shape index (κ1) is 22.4. The number of benzene rings is 3. The number of methoxy groups -OCH3 is 2. The zero-order valence-corrected chi connectivity index (χ0v) is 19.1. The van der Waals surface area contributed by atoms with E-state index in [9.17, 15) is 4.79 Å². The molecule has 1 heterocycles. The Morgan fingerprint density at radius 2 is 1.55 bits per heavy atom. The van der Waals surface area contributed by atoms with E-state index in [1.165, 1.54) is 11.1 Å². The molecule has 0 aromatic heterocycles. The van der Waals surface area contributed by atoms with Crippen LogP contribution >= 0.6 is 0 Å². The molecule has 6 nitrogen and oxygen atoms in total. The van der Waals surface area contributed by atoms with Crippen molar-refractivity contribution < 1.29 is 14.3 Å². The molecular weight excluding hydrogens is 414 g/mol. The maximum Gasteiger partial charge on any atom is 0.256 e.